The van der Waals surface area contributed by atoms with Crippen LogP contribution in [-0.4, -0.2) is 19.8 Å². The van der Waals surface area contributed by atoms with Crippen molar-refractivity contribution < 1.29 is 9.47 Å². The topological polar surface area (TPSA) is 18.5 Å². The average Bonchev–Trinajstić information content (AvgIpc) is 2.60. The highest BCUT2D eigenvalue weighted by atomic mass is 16.5. The van der Waals surface area contributed by atoms with Crippen LogP contribution in [0.15, 0.2) is 54.6 Å². The van der Waals surface area contributed by atoms with Gasteiger partial charge < -0.3 is 9.47 Å². The van der Waals surface area contributed by atoms with Crippen molar-refractivity contribution in [3.63, 3.8) is 0 Å². The lowest BCUT2D eigenvalue weighted by Gasteiger charge is -2.13. The summed E-state index contributed by atoms with van der Waals surface area (Å²) in [6, 6.07) is 19.3. The quantitative estimate of drug-likeness (QED) is 0.517. The van der Waals surface area contributed by atoms with Crippen LogP contribution in [0.4, 0.5) is 0 Å². The SMILES string of the molecule is CC(C)COCc1cccc(CC(C)COCCc2ccccc2)c1. The molecule has 2 nitrogen and oxygen atoms in total. The number of benzene rings is 2. The summed E-state index contributed by atoms with van der Waals surface area (Å²) in [6.07, 6.45) is 2.03. The van der Waals surface area contributed by atoms with E-state index in [2.05, 4.69) is 75.4 Å². The summed E-state index contributed by atoms with van der Waals surface area (Å²) in [4.78, 5) is 0. The van der Waals surface area contributed by atoms with Gasteiger partial charge in [-0.3, -0.25) is 0 Å². The minimum Gasteiger partial charge on any atom is -0.381 e. The van der Waals surface area contributed by atoms with E-state index in [1.807, 2.05) is 0 Å². The van der Waals surface area contributed by atoms with E-state index in [0.29, 0.717) is 18.4 Å². The van der Waals surface area contributed by atoms with E-state index in [-0.39, 0.29) is 0 Å². The predicted octanol–water partition coefficient (Wildman–Crippen LogP) is 5.30. The highest BCUT2D eigenvalue weighted by Gasteiger charge is 2.05. The molecule has 25 heavy (non-hydrogen) atoms. The van der Waals surface area contributed by atoms with Crippen LogP contribution >= 0.6 is 0 Å². The lowest BCUT2D eigenvalue weighted by molar-refractivity contribution is 0.0969. The maximum absolute atomic E-state index is 5.87. The summed E-state index contributed by atoms with van der Waals surface area (Å²) in [5.41, 5.74) is 3.96. The fraction of sp³-hybridized carbons (Fsp3) is 0.478. The van der Waals surface area contributed by atoms with E-state index in [1.165, 1.54) is 16.7 Å². The molecule has 0 aliphatic heterocycles. The van der Waals surface area contributed by atoms with Crippen molar-refractivity contribution >= 4 is 0 Å². The molecule has 0 saturated heterocycles. The van der Waals surface area contributed by atoms with Crippen molar-refractivity contribution in [3.05, 3.63) is 71.3 Å². The molecule has 0 bridgehead atoms. The zero-order valence-electron chi connectivity index (χ0n) is 15.9. The van der Waals surface area contributed by atoms with Gasteiger partial charge in [0.05, 0.1) is 13.2 Å². The zero-order valence-corrected chi connectivity index (χ0v) is 15.9. The first-order valence-corrected chi connectivity index (χ1v) is 9.40. The molecule has 0 N–H and O–H groups in total. The Morgan fingerprint density at radius 3 is 2.24 bits per heavy atom. The molecule has 0 aliphatic rings. The van der Waals surface area contributed by atoms with E-state index < -0.39 is 0 Å². The molecule has 0 aromatic heterocycles. The van der Waals surface area contributed by atoms with Crippen LogP contribution in [0.25, 0.3) is 0 Å². The molecular formula is C23H32O2. The van der Waals surface area contributed by atoms with Gasteiger partial charge in [-0.05, 0) is 41.4 Å². The third-order valence-corrected chi connectivity index (χ3v) is 4.08. The molecule has 136 valence electrons. The van der Waals surface area contributed by atoms with Crippen molar-refractivity contribution in [3.8, 4) is 0 Å². The molecule has 2 heteroatoms. The molecule has 1 unspecified atom stereocenters. The molecule has 0 fully saturated rings. The Hall–Kier alpha value is -1.64. The van der Waals surface area contributed by atoms with E-state index in [0.717, 1.165) is 32.7 Å². The fourth-order valence-corrected chi connectivity index (χ4v) is 2.84. The van der Waals surface area contributed by atoms with Gasteiger partial charge in [0, 0.05) is 13.2 Å². The standard InChI is InChI=1S/C23H32O2/c1-19(2)16-25-18-23-11-7-10-22(15-23)14-20(3)17-24-13-12-21-8-5-4-6-9-21/h4-11,15,19-20H,12-14,16-18H2,1-3H3. The van der Waals surface area contributed by atoms with Crippen molar-refractivity contribution in [2.45, 2.75) is 40.2 Å². The zero-order chi connectivity index (χ0) is 17.9. The van der Waals surface area contributed by atoms with Gasteiger partial charge in [0.25, 0.3) is 0 Å². The average molecular weight is 341 g/mol. The van der Waals surface area contributed by atoms with E-state index in [1.54, 1.807) is 0 Å². The molecule has 0 saturated carbocycles. The highest BCUT2D eigenvalue weighted by molar-refractivity contribution is 5.23. The summed E-state index contributed by atoms with van der Waals surface area (Å²) in [6.45, 7) is 9.72. The molecule has 0 amide bonds. The number of ether oxygens (including phenoxy) is 2. The largest absolute Gasteiger partial charge is 0.381 e. The second kappa shape index (κ2) is 11.1. The third-order valence-electron chi connectivity index (χ3n) is 4.08. The summed E-state index contributed by atoms with van der Waals surface area (Å²) in [5.74, 6) is 1.10. The second-order valence-electron chi connectivity index (χ2n) is 7.35. The third kappa shape index (κ3) is 8.33. The van der Waals surface area contributed by atoms with Crippen LogP contribution in [0.1, 0.15) is 37.5 Å². The van der Waals surface area contributed by atoms with E-state index >= 15 is 0 Å². The van der Waals surface area contributed by atoms with Crippen LogP contribution in [0, 0.1) is 11.8 Å². The van der Waals surface area contributed by atoms with Crippen LogP contribution < -0.4 is 0 Å². The van der Waals surface area contributed by atoms with Gasteiger partial charge in [0.1, 0.15) is 0 Å². The minimum absolute atomic E-state index is 0.516. The van der Waals surface area contributed by atoms with Crippen LogP contribution in [0.3, 0.4) is 0 Å². The van der Waals surface area contributed by atoms with Gasteiger partial charge in [0.15, 0.2) is 0 Å². The molecule has 2 aromatic rings. The first-order chi connectivity index (χ1) is 12.1. The molecule has 0 radical (unpaired) electrons. The van der Waals surface area contributed by atoms with Crippen LogP contribution in [0.5, 0.6) is 0 Å². The summed E-state index contributed by atoms with van der Waals surface area (Å²) >= 11 is 0. The minimum atomic E-state index is 0.516. The Kier molecular flexibility index (Phi) is 8.71. The van der Waals surface area contributed by atoms with Crippen LogP contribution in [0.2, 0.25) is 0 Å². The molecule has 1 atom stereocenters. The van der Waals surface area contributed by atoms with Crippen molar-refractivity contribution in [2.24, 2.45) is 11.8 Å². The summed E-state index contributed by atoms with van der Waals surface area (Å²) in [5, 5.41) is 0. The lowest BCUT2D eigenvalue weighted by Crippen LogP contribution is -2.11. The van der Waals surface area contributed by atoms with Crippen molar-refractivity contribution in [2.75, 3.05) is 19.8 Å². The molecule has 0 heterocycles. The first kappa shape index (κ1) is 19.7. The Balaban J connectivity index is 1.68. The normalized spacial score (nSPS) is 12.5. The number of hydrogen-bond donors (Lipinski definition) is 0. The molecule has 2 aromatic carbocycles. The Labute approximate surface area is 153 Å². The number of hydrogen-bond acceptors (Lipinski definition) is 2. The molecule has 0 spiro atoms. The van der Waals surface area contributed by atoms with Gasteiger partial charge in [-0.15, -0.1) is 0 Å². The highest BCUT2D eigenvalue weighted by Crippen LogP contribution is 2.13. The first-order valence-electron chi connectivity index (χ1n) is 9.40. The Bertz CT molecular complexity index is 592. The predicted molar refractivity (Wildman–Crippen MR) is 105 cm³/mol. The summed E-state index contributed by atoms with van der Waals surface area (Å²) < 4.78 is 11.6. The maximum atomic E-state index is 5.87. The van der Waals surface area contributed by atoms with Gasteiger partial charge >= 0.3 is 0 Å². The second-order valence-corrected chi connectivity index (χ2v) is 7.35. The number of rotatable bonds is 11. The van der Waals surface area contributed by atoms with Gasteiger partial charge in [0.2, 0.25) is 0 Å². The van der Waals surface area contributed by atoms with Gasteiger partial charge in [-0.2, -0.15) is 0 Å². The van der Waals surface area contributed by atoms with Crippen LogP contribution in [-0.2, 0) is 28.9 Å². The van der Waals surface area contributed by atoms with Crippen molar-refractivity contribution in [1.29, 1.82) is 0 Å². The maximum Gasteiger partial charge on any atom is 0.0717 e. The monoisotopic (exact) mass is 340 g/mol. The fourth-order valence-electron chi connectivity index (χ4n) is 2.84. The molecule has 0 aliphatic carbocycles. The van der Waals surface area contributed by atoms with Gasteiger partial charge in [-0.25, -0.2) is 0 Å². The molecule has 2 rings (SSSR count). The summed E-state index contributed by atoms with van der Waals surface area (Å²) in [7, 11) is 0. The van der Waals surface area contributed by atoms with E-state index in [4.69, 9.17) is 9.47 Å². The van der Waals surface area contributed by atoms with Crippen molar-refractivity contribution in [1.82, 2.24) is 0 Å². The Morgan fingerprint density at radius 1 is 0.760 bits per heavy atom. The molecular weight excluding hydrogens is 308 g/mol. The van der Waals surface area contributed by atoms with Gasteiger partial charge in [-0.1, -0.05) is 75.4 Å². The smallest absolute Gasteiger partial charge is 0.0717 e. The van der Waals surface area contributed by atoms with E-state index in [9.17, 15) is 0 Å². The Morgan fingerprint density at radius 2 is 1.48 bits per heavy atom. The lowest BCUT2D eigenvalue weighted by atomic mass is 10.0.